The number of hydrogen-bond acceptors (Lipinski definition) is 9. The van der Waals surface area contributed by atoms with Crippen LogP contribution < -0.4 is 23.7 Å². The summed E-state index contributed by atoms with van der Waals surface area (Å²) < 4.78 is 29.6. The van der Waals surface area contributed by atoms with Crippen LogP contribution in [0.15, 0.2) is 54.6 Å². The first-order chi connectivity index (χ1) is 18.5. The molecule has 1 aromatic heterocycles. The van der Waals surface area contributed by atoms with Crippen molar-refractivity contribution in [2.24, 2.45) is 0 Å². The highest BCUT2D eigenvalue weighted by Gasteiger charge is 2.48. The van der Waals surface area contributed by atoms with Gasteiger partial charge in [0.05, 0.1) is 39.3 Å². The maximum absolute atomic E-state index is 13.5. The second-order valence-electron chi connectivity index (χ2n) is 8.64. The van der Waals surface area contributed by atoms with E-state index in [9.17, 15) is 14.7 Å². The number of hydrogen-bond donors (Lipinski definition) is 1. The lowest BCUT2D eigenvalue weighted by molar-refractivity contribution is -0.140. The molecule has 2 aliphatic rings. The van der Waals surface area contributed by atoms with E-state index in [2.05, 4.69) is 4.98 Å². The predicted octanol–water partition coefficient (Wildman–Crippen LogP) is 3.15. The van der Waals surface area contributed by atoms with Crippen LogP contribution in [0.3, 0.4) is 0 Å². The number of ether oxygens (including phenoxy) is 5. The van der Waals surface area contributed by atoms with E-state index in [0.29, 0.717) is 47.1 Å². The number of aliphatic hydroxyl groups excluding tert-OH is 1. The molecule has 3 heterocycles. The van der Waals surface area contributed by atoms with Crippen molar-refractivity contribution in [2.75, 3.05) is 34.7 Å². The van der Waals surface area contributed by atoms with Gasteiger partial charge in [0.25, 0.3) is 11.7 Å². The lowest BCUT2D eigenvalue weighted by Crippen LogP contribution is -2.31. The average molecular weight is 522 g/mol. The van der Waals surface area contributed by atoms with Crippen LogP contribution >= 0.6 is 0 Å². The number of likely N-dealkylation sites (tertiary alicyclic amines) is 1. The van der Waals surface area contributed by atoms with Crippen molar-refractivity contribution < 1.29 is 38.4 Å². The third kappa shape index (κ3) is 4.25. The Balaban J connectivity index is 1.66. The third-order valence-electron chi connectivity index (χ3n) is 6.57. The smallest absolute Gasteiger partial charge is 0.295 e. The molecular formula is C27H27N3O8. The summed E-state index contributed by atoms with van der Waals surface area (Å²) in [5, 5.41) is 11.4. The molecule has 3 aromatic rings. The van der Waals surface area contributed by atoms with Crippen LogP contribution in [0.4, 0.5) is 0 Å². The Kier molecular flexibility index (Phi) is 6.82. The maximum atomic E-state index is 13.5. The molecule has 1 saturated heterocycles. The first-order valence-corrected chi connectivity index (χ1v) is 11.9. The van der Waals surface area contributed by atoms with Crippen LogP contribution in [0.2, 0.25) is 0 Å². The van der Waals surface area contributed by atoms with Crippen LogP contribution in [-0.2, 0) is 16.1 Å². The maximum Gasteiger partial charge on any atom is 0.295 e. The minimum Gasteiger partial charge on any atom is -0.507 e. The number of ketones is 1. The lowest BCUT2D eigenvalue weighted by Gasteiger charge is -2.27. The molecule has 38 heavy (non-hydrogen) atoms. The Morgan fingerprint density at radius 3 is 2.61 bits per heavy atom. The fourth-order valence-corrected chi connectivity index (χ4v) is 4.80. The largest absolute Gasteiger partial charge is 0.507 e. The van der Waals surface area contributed by atoms with Gasteiger partial charge in [0.1, 0.15) is 11.5 Å². The Hall–Kier alpha value is -4.67. The number of amides is 1. The van der Waals surface area contributed by atoms with Gasteiger partial charge in [-0.25, -0.2) is 4.98 Å². The van der Waals surface area contributed by atoms with Gasteiger partial charge in [-0.15, -0.1) is 0 Å². The number of fused-ring (bicyclic) bond motifs is 1. The highest BCUT2D eigenvalue weighted by atomic mass is 16.7. The van der Waals surface area contributed by atoms with E-state index >= 15 is 0 Å². The lowest BCUT2D eigenvalue weighted by atomic mass is 9.93. The number of methoxy groups -OCH3 is 3. The number of Topliss-reactive ketones (excluding diaryl/α,β-unsaturated/α-hetero) is 1. The molecule has 11 heteroatoms. The highest BCUT2D eigenvalue weighted by molar-refractivity contribution is 6.46. The van der Waals surface area contributed by atoms with Crippen LogP contribution in [0.1, 0.15) is 23.6 Å². The molecule has 1 amide bonds. The second-order valence-corrected chi connectivity index (χ2v) is 8.64. The molecule has 2 aliphatic heterocycles. The zero-order valence-electron chi connectivity index (χ0n) is 21.2. The Morgan fingerprint density at radius 1 is 1.08 bits per heavy atom. The van der Waals surface area contributed by atoms with Crippen molar-refractivity contribution in [3.63, 3.8) is 0 Å². The monoisotopic (exact) mass is 521 g/mol. The summed E-state index contributed by atoms with van der Waals surface area (Å²) >= 11 is 0. The minimum atomic E-state index is -0.984. The van der Waals surface area contributed by atoms with E-state index in [4.69, 9.17) is 23.7 Å². The van der Waals surface area contributed by atoms with Crippen LogP contribution in [-0.4, -0.2) is 65.9 Å². The topological polar surface area (TPSA) is 122 Å². The van der Waals surface area contributed by atoms with Crippen molar-refractivity contribution in [2.45, 2.75) is 19.0 Å². The van der Waals surface area contributed by atoms with Gasteiger partial charge in [-0.05, 0) is 24.6 Å². The van der Waals surface area contributed by atoms with E-state index in [1.54, 1.807) is 42.9 Å². The fourth-order valence-electron chi connectivity index (χ4n) is 4.80. The van der Waals surface area contributed by atoms with Crippen LogP contribution in [0.5, 0.6) is 28.7 Å². The summed E-state index contributed by atoms with van der Waals surface area (Å²) in [5.41, 5.74) is 0.669. The summed E-state index contributed by atoms with van der Waals surface area (Å²) in [7, 11) is 4.44. The van der Waals surface area contributed by atoms with Gasteiger partial charge in [0, 0.05) is 36.6 Å². The number of aliphatic hydroxyl groups is 1. The molecule has 0 aliphatic carbocycles. The predicted molar refractivity (Wildman–Crippen MR) is 135 cm³/mol. The van der Waals surface area contributed by atoms with Crippen molar-refractivity contribution in [3.8, 4) is 28.7 Å². The van der Waals surface area contributed by atoms with Gasteiger partial charge in [0.15, 0.2) is 11.5 Å². The van der Waals surface area contributed by atoms with Crippen molar-refractivity contribution in [1.29, 1.82) is 0 Å². The molecule has 1 fully saturated rings. The molecule has 2 aromatic carbocycles. The van der Waals surface area contributed by atoms with Gasteiger partial charge < -0.3 is 38.3 Å². The number of carbonyl (C=O) groups is 2. The molecule has 1 unspecified atom stereocenters. The number of nitrogens with zero attached hydrogens (tertiary/aromatic N) is 3. The first-order valence-electron chi connectivity index (χ1n) is 11.9. The number of benzene rings is 2. The van der Waals surface area contributed by atoms with Crippen molar-refractivity contribution in [1.82, 2.24) is 14.5 Å². The molecule has 198 valence electrons. The minimum absolute atomic E-state index is 0.0413. The Morgan fingerprint density at radius 2 is 1.89 bits per heavy atom. The number of aromatic nitrogens is 2. The number of aryl methyl sites for hydroxylation is 1. The Labute approximate surface area is 218 Å². The zero-order valence-corrected chi connectivity index (χ0v) is 21.2. The normalized spacial score (nSPS) is 17.7. The van der Waals surface area contributed by atoms with Crippen molar-refractivity contribution >= 4 is 17.4 Å². The summed E-state index contributed by atoms with van der Waals surface area (Å²) in [5.74, 6) is -0.101. The van der Waals surface area contributed by atoms with Crippen LogP contribution in [0.25, 0.3) is 5.76 Å². The molecule has 5 rings (SSSR count). The SMILES string of the molecule is COc1cccc(C(O)=C2C(=O)C(=O)N(CCCn3ccnc3)C2c2cc(OC)c3c(c2OC)OCO3)c1. The molecular weight excluding hydrogens is 494 g/mol. The third-order valence-corrected chi connectivity index (χ3v) is 6.57. The van der Waals surface area contributed by atoms with E-state index < -0.39 is 17.7 Å². The number of imidazole rings is 1. The molecule has 11 nitrogen and oxygen atoms in total. The molecule has 0 spiro atoms. The molecule has 0 bridgehead atoms. The summed E-state index contributed by atoms with van der Waals surface area (Å²) in [6.07, 6.45) is 5.70. The van der Waals surface area contributed by atoms with E-state index in [-0.39, 0.29) is 30.4 Å². The number of carbonyl (C=O) groups excluding carboxylic acids is 2. The van der Waals surface area contributed by atoms with Gasteiger partial charge >= 0.3 is 0 Å². The van der Waals surface area contributed by atoms with E-state index in [1.165, 1.54) is 26.2 Å². The standard InChI is InChI=1S/C27H27N3O8/c1-34-17-7-4-6-16(12-17)22(31)20-21(18-13-19(35-2)25-26(24(18)36-3)38-15-37-25)30(27(33)23(20)32)10-5-9-29-11-8-28-14-29/h4,6-8,11-14,21,31H,5,9-10,15H2,1-3H3. The zero-order chi connectivity index (χ0) is 26.8. The quantitative estimate of drug-likeness (QED) is 0.257. The van der Waals surface area contributed by atoms with Gasteiger partial charge in [-0.1, -0.05) is 12.1 Å². The molecule has 1 atom stereocenters. The van der Waals surface area contributed by atoms with Gasteiger partial charge in [0.2, 0.25) is 18.3 Å². The second kappa shape index (κ2) is 10.4. The summed E-state index contributed by atoms with van der Waals surface area (Å²) in [4.78, 5) is 32.3. The highest BCUT2D eigenvalue weighted by Crippen LogP contribution is 2.54. The number of rotatable bonds is 9. The Bertz CT molecular complexity index is 1400. The van der Waals surface area contributed by atoms with Gasteiger partial charge in [-0.3, -0.25) is 9.59 Å². The van der Waals surface area contributed by atoms with E-state index in [0.717, 1.165) is 0 Å². The van der Waals surface area contributed by atoms with Crippen LogP contribution in [0, 0.1) is 0 Å². The average Bonchev–Trinajstić information content (AvgIpc) is 3.69. The summed E-state index contributed by atoms with van der Waals surface area (Å²) in [6.45, 7) is 0.760. The molecule has 0 radical (unpaired) electrons. The fraction of sp³-hybridized carbons (Fsp3) is 0.296. The summed E-state index contributed by atoms with van der Waals surface area (Å²) in [6, 6.07) is 7.30. The van der Waals surface area contributed by atoms with Gasteiger partial charge in [-0.2, -0.15) is 0 Å². The first kappa shape index (κ1) is 25.0. The van der Waals surface area contributed by atoms with Crippen molar-refractivity contribution in [3.05, 3.63) is 65.8 Å². The molecule has 0 saturated carbocycles. The van der Waals surface area contributed by atoms with E-state index in [1.807, 2.05) is 10.8 Å². The molecule has 1 N–H and O–H groups in total.